The molecule has 1 saturated heterocycles. The molecule has 0 amide bonds. The van der Waals surface area contributed by atoms with Crippen LogP contribution in [0.5, 0.6) is 0 Å². The molecule has 0 spiro atoms. The monoisotopic (exact) mass is 526 g/mol. The number of nitrogens with zero attached hydrogens (tertiary/aromatic N) is 2. The fraction of sp³-hybridized carbons (Fsp3) is 0.632. The Morgan fingerprint density at radius 2 is 2.00 bits per heavy atom. The van der Waals surface area contributed by atoms with Crippen LogP contribution < -0.4 is 10.6 Å². The number of nitrogens with one attached hydrogen (secondary N) is 2. The molecule has 2 rings (SSSR count). The summed E-state index contributed by atoms with van der Waals surface area (Å²) < 4.78 is 38.5. The number of aryl methyl sites for hydroxylation is 1. The Labute approximate surface area is 185 Å². The number of hydrogen-bond acceptors (Lipinski definition) is 3. The summed E-state index contributed by atoms with van der Waals surface area (Å²) in [5.74, 6) is 0.850. The Morgan fingerprint density at radius 1 is 1.36 bits per heavy atom. The predicted molar refractivity (Wildman–Crippen MR) is 123 cm³/mol. The fourth-order valence-electron chi connectivity index (χ4n) is 3.13. The molecule has 1 unspecified atom stereocenters. The molecule has 0 bridgehead atoms. The molecule has 1 aromatic rings. The number of aliphatic imine (C=N–C) groups is 1. The smallest absolute Gasteiger partial charge is 0.211 e. The standard InChI is InChI=1S/C19H31FN4O2S.HI/c1-5-21-19(23-15(3)17-7-6-14(2)18(20)12-17)22-13-16-8-10-24(11-9-16)27(4,25)26;/h6-7,12,15-16H,5,8-11,13H2,1-4H3,(H2,21,22,23);1H. The van der Waals surface area contributed by atoms with E-state index in [1.165, 1.54) is 10.6 Å². The Balaban J connectivity index is 0.00000392. The quantitative estimate of drug-likeness (QED) is 0.340. The van der Waals surface area contributed by atoms with Gasteiger partial charge in [-0.05, 0) is 56.7 Å². The first-order valence-corrected chi connectivity index (χ1v) is 11.3. The molecule has 0 saturated carbocycles. The number of hydrogen-bond donors (Lipinski definition) is 2. The van der Waals surface area contributed by atoms with Crippen molar-refractivity contribution in [3.05, 3.63) is 35.1 Å². The summed E-state index contributed by atoms with van der Waals surface area (Å²) in [5, 5.41) is 6.54. The van der Waals surface area contributed by atoms with Crippen LogP contribution in [0.1, 0.15) is 43.9 Å². The Kier molecular flexibility index (Phi) is 10.1. The zero-order chi connectivity index (χ0) is 20.0. The van der Waals surface area contributed by atoms with E-state index in [1.54, 1.807) is 19.1 Å². The highest BCUT2D eigenvalue weighted by molar-refractivity contribution is 14.0. The molecule has 0 radical (unpaired) electrons. The van der Waals surface area contributed by atoms with Gasteiger partial charge in [-0.1, -0.05) is 12.1 Å². The zero-order valence-corrected chi connectivity index (χ0v) is 20.2. The van der Waals surface area contributed by atoms with Gasteiger partial charge in [-0.25, -0.2) is 17.1 Å². The third kappa shape index (κ3) is 7.47. The molecule has 2 N–H and O–H groups in total. The van der Waals surface area contributed by atoms with Crippen LogP contribution in [0.25, 0.3) is 0 Å². The molecular formula is C19H32FIN4O2S. The largest absolute Gasteiger partial charge is 0.357 e. The normalized spacial score (nSPS) is 17.7. The third-order valence-corrected chi connectivity index (χ3v) is 6.25. The molecule has 1 fully saturated rings. The zero-order valence-electron chi connectivity index (χ0n) is 17.0. The van der Waals surface area contributed by atoms with Crippen LogP contribution in [0.4, 0.5) is 4.39 Å². The molecule has 1 heterocycles. The van der Waals surface area contributed by atoms with E-state index in [2.05, 4.69) is 15.6 Å². The molecule has 6 nitrogen and oxygen atoms in total. The lowest BCUT2D eigenvalue weighted by atomic mass is 9.98. The van der Waals surface area contributed by atoms with Crippen molar-refractivity contribution >= 4 is 40.0 Å². The van der Waals surface area contributed by atoms with E-state index < -0.39 is 10.0 Å². The molecule has 1 aliphatic rings. The van der Waals surface area contributed by atoms with E-state index in [9.17, 15) is 12.8 Å². The maximum Gasteiger partial charge on any atom is 0.211 e. The summed E-state index contributed by atoms with van der Waals surface area (Å²) >= 11 is 0. The highest BCUT2D eigenvalue weighted by Crippen LogP contribution is 2.20. The number of sulfonamides is 1. The number of halogens is 2. The fourth-order valence-corrected chi connectivity index (χ4v) is 4.00. The van der Waals surface area contributed by atoms with Gasteiger partial charge in [0, 0.05) is 26.2 Å². The van der Waals surface area contributed by atoms with Gasteiger partial charge in [-0.15, -0.1) is 24.0 Å². The van der Waals surface area contributed by atoms with E-state index in [1.807, 2.05) is 19.9 Å². The molecule has 1 aliphatic heterocycles. The van der Waals surface area contributed by atoms with Crippen LogP contribution in [-0.4, -0.2) is 51.1 Å². The highest BCUT2D eigenvalue weighted by Gasteiger charge is 2.24. The van der Waals surface area contributed by atoms with Crippen LogP contribution in [0.3, 0.4) is 0 Å². The second-order valence-corrected chi connectivity index (χ2v) is 9.18. The minimum Gasteiger partial charge on any atom is -0.357 e. The minimum atomic E-state index is -3.10. The van der Waals surface area contributed by atoms with E-state index >= 15 is 0 Å². The van der Waals surface area contributed by atoms with Crippen molar-refractivity contribution in [2.45, 2.75) is 39.7 Å². The van der Waals surface area contributed by atoms with Crippen LogP contribution in [-0.2, 0) is 10.0 Å². The van der Waals surface area contributed by atoms with Gasteiger partial charge in [-0.3, -0.25) is 4.99 Å². The number of guanidine groups is 1. The first kappa shape index (κ1) is 25.1. The summed E-state index contributed by atoms with van der Waals surface area (Å²) in [6.45, 7) is 8.21. The maximum atomic E-state index is 13.8. The van der Waals surface area contributed by atoms with Crippen molar-refractivity contribution in [3.8, 4) is 0 Å². The molecule has 0 aromatic heterocycles. The van der Waals surface area contributed by atoms with Crippen LogP contribution >= 0.6 is 24.0 Å². The predicted octanol–water partition coefficient (Wildman–Crippen LogP) is 3.04. The first-order chi connectivity index (χ1) is 12.7. The van der Waals surface area contributed by atoms with Gasteiger partial charge in [0.2, 0.25) is 10.0 Å². The number of piperidine rings is 1. The summed E-state index contributed by atoms with van der Waals surface area (Å²) in [6, 6.07) is 5.17. The van der Waals surface area contributed by atoms with Crippen LogP contribution in [0, 0.1) is 18.7 Å². The summed E-state index contributed by atoms with van der Waals surface area (Å²) in [6.07, 6.45) is 2.89. The minimum absolute atomic E-state index is 0. The topological polar surface area (TPSA) is 73.8 Å². The van der Waals surface area contributed by atoms with Gasteiger partial charge in [0.1, 0.15) is 5.82 Å². The van der Waals surface area contributed by atoms with E-state index in [-0.39, 0.29) is 35.8 Å². The van der Waals surface area contributed by atoms with Crippen LogP contribution in [0.2, 0.25) is 0 Å². The van der Waals surface area contributed by atoms with Crippen LogP contribution in [0.15, 0.2) is 23.2 Å². The second kappa shape index (κ2) is 11.3. The third-order valence-electron chi connectivity index (χ3n) is 4.94. The molecule has 28 heavy (non-hydrogen) atoms. The lowest BCUT2D eigenvalue weighted by Crippen LogP contribution is -2.40. The molecule has 9 heteroatoms. The maximum absolute atomic E-state index is 13.8. The Bertz CT molecular complexity index is 765. The molecular weight excluding hydrogens is 494 g/mol. The Hall–Kier alpha value is -0.940. The number of rotatable bonds is 6. The molecule has 1 aromatic carbocycles. The number of benzene rings is 1. The van der Waals surface area contributed by atoms with Crippen molar-refractivity contribution in [3.63, 3.8) is 0 Å². The average Bonchev–Trinajstić information content (AvgIpc) is 2.61. The first-order valence-electron chi connectivity index (χ1n) is 9.46. The SMILES string of the molecule is CCNC(=NCC1CCN(S(C)(=O)=O)CC1)NC(C)c1ccc(C)c(F)c1.I. The van der Waals surface area contributed by atoms with Gasteiger partial charge in [-0.2, -0.15) is 0 Å². The van der Waals surface area contributed by atoms with Gasteiger partial charge in [0.15, 0.2) is 5.96 Å². The van der Waals surface area contributed by atoms with E-state index in [4.69, 9.17) is 0 Å². The van der Waals surface area contributed by atoms with Gasteiger partial charge < -0.3 is 10.6 Å². The van der Waals surface area contributed by atoms with Crippen molar-refractivity contribution in [1.82, 2.24) is 14.9 Å². The molecule has 0 aliphatic carbocycles. The van der Waals surface area contributed by atoms with Gasteiger partial charge in [0.05, 0.1) is 12.3 Å². The summed E-state index contributed by atoms with van der Waals surface area (Å²) in [5.41, 5.74) is 1.50. The van der Waals surface area contributed by atoms with Gasteiger partial charge >= 0.3 is 0 Å². The second-order valence-electron chi connectivity index (χ2n) is 7.20. The molecule has 160 valence electrons. The van der Waals surface area contributed by atoms with Crippen molar-refractivity contribution in [2.24, 2.45) is 10.9 Å². The average molecular weight is 526 g/mol. The summed E-state index contributed by atoms with van der Waals surface area (Å²) in [4.78, 5) is 4.66. The molecule has 1 atom stereocenters. The van der Waals surface area contributed by atoms with Crippen molar-refractivity contribution in [2.75, 3.05) is 32.4 Å². The lowest BCUT2D eigenvalue weighted by Gasteiger charge is -2.29. The van der Waals surface area contributed by atoms with Crippen molar-refractivity contribution < 1.29 is 12.8 Å². The van der Waals surface area contributed by atoms with E-state index in [0.29, 0.717) is 37.1 Å². The Morgan fingerprint density at radius 3 is 2.54 bits per heavy atom. The lowest BCUT2D eigenvalue weighted by molar-refractivity contribution is 0.280. The van der Waals surface area contributed by atoms with Crippen molar-refractivity contribution in [1.29, 1.82) is 0 Å². The highest BCUT2D eigenvalue weighted by atomic mass is 127. The summed E-state index contributed by atoms with van der Waals surface area (Å²) in [7, 11) is -3.10. The van der Waals surface area contributed by atoms with Gasteiger partial charge in [0.25, 0.3) is 0 Å². The van der Waals surface area contributed by atoms with E-state index in [0.717, 1.165) is 24.9 Å².